The van der Waals surface area contributed by atoms with E-state index in [4.69, 9.17) is 21.1 Å². The summed E-state index contributed by atoms with van der Waals surface area (Å²) < 4.78 is 11.5. The quantitative estimate of drug-likeness (QED) is 0.415. The van der Waals surface area contributed by atoms with Gasteiger partial charge in [-0.25, -0.2) is 4.79 Å². The number of benzene rings is 1. The van der Waals surface area contributed by atoms with Gasteiger partial charge in [0.2, 0.25) is 0 Å². The van der Waals surface area contributed by atoms with Crippen molar-refractivity contribution in [1.29, 1.82) is 0 Å². The Morgan fingerprint density at radius 1 is 1.47 bits per heavy atom. The second-order valence-electron chi connectivity index (χ2n) is 3.61. The number of ether oxygens (including phenoxy) is 2. The number of halogens is 2. The number of alkyl halides is 1. The maximum Gasteiger partial charge on any atom is 0.339 e. The lowest BCUT2D eigenvalue weighted by atomic mass is 10.2. The van der Waals surface area contributed by atoms with Crippen molar-refractivity contribution in [3.8, 4) is 5.75 Å². The first-order valence-electron chi connectivity index (χ1n) is 5.89. The molecule has 6 heteroatoms. The Balaban J connectivity index is 3.21. The van der Waals surface area contributed by atoms with Gasteiger partial charge in [0.05, 0.1) is 21.5 Å². The normalized spacial score (nSPS) is 12.1. The number of hydrogen-bond donors (Lipinski definition) is 0. The highest BCUT2D eigenvalue weighted by molar-refractivity contribution is 9.10. The first-order chi connectivity index (χ1) is 9.04. The van der Waals surface area contributed by atoms with Crippen LogP contribution in [-0.4, -0.2) is 24.4 Å². The van der Waals surface area contributed by atoms with Gasteiger partial charge < -0.3 is 9.47 Å². The number of thioether (sulfide) groups is 1. The van der Waals surface area contributed by atoms with Crippen molar-refractivity contribution < 1.29 is 14.3 Å². The van der Waals surface area contributed by atoms with Crippen molar-refractivity contribution in [3.05, 3.63) is 22.2 Å². The summed E-state index contributed by atoms with van der Waals surface area (Å²) in [5.41, 5.74) is 0.0622. The van der Waals surface area contributed by atoms with E-state index in [0.29, 0.717) is 24.3 Å². The monoisotopic (exact) mass is 366 g/mol. The highest BCUT2D eigenvalue weighted by Gasteiger charge is 2.20. The van der Waals surface area contributed by atoms with Crippen molar-refractivity contribution in [3.63, 3.8) is 0 Å². The van der Waals surface area contributed by atoms with Crippen LogP contribution in [0.1, 0.15) is 30.6 Å². The molecule has 0 N–H and O–H groups in total. The Morgan fingerprint density at radius 2 is 2.16 bits per heavy atom. The second-order valence-corrected chi connectivity index (χ2v) is 5.77. The Kier molecular flexibility index (Phi) is 7.04. The number of hydrogen-bond acceptors (Lipinski definition) is 4. The largest absolute Gasteiger partial charge is 0.472 e. The molecule has 0 amide bonds. The average molecular weight is 368 g/mol. The molecule has 106 valence electrons. The minimum absolute atomic E-state index is 0.339. The average Bonchev–Trinajstić information content (AvgIpc) is 2.40. The third kappa shape index (κ3) is 4.29. The van der Waals surface area contributed by atoms with E-state index in [1.54, 1.807) is 19.1 Å². The summed E-state index contributed by atoms with van der Waals surface area (Å²) in [6.07, 6.45) is 2.55. The number of rotatable bonds is 6. The van der Waals surface area contributed by atoms with Gasteiger partial charge in [0.15, 0.2) is 5.56 Å². The Bertz CT molecular complexity index is 454. The summed E-state index contributed by atoms with van der Waals surface area (Å²) in [4.78, 5) is 12.6. The lowest BCUT2D eigenvalue weighted by Gasteiger charge is -2.17. The van der Waals surface area contributed by atoms with Crippen molar-refractivity contribution >= 4 is 45.3 Å². The fraction of sp³-hybridized carbons (Fsp3) is 0.462. The van der Waals surface area contributed by atoms with E-state index in [9.17, 15) is 4.79 Å². The van der Waals surface area contributed by atoms with Gasteiger partial charge in [-0.2, -0.15) is 0 Å². The van der Waals surface area contributed by atoms with Crippen LogP contribution in [0.15, 0.2) is 21.5 Å². The van der Waals surface area contributed by atoms with Gasteiger partial charge in [0.25, 0.3) is 0 Å². The van der Waals surface area contributed by atoms with Crippen LogP contribution in [0.25, 0.3) is 0 Å². The van der Waals surface area contributed by atoms with Crippen LogP contribution in [0.4, 0.5) is 0 Å². The van der Waals surface area contributed by atoms with Crippen LogP contribution in [0.3, 0.4) is 0 Å². The number of esters is 1. The molecule has 1 rings (SSSR count). The minimum Gasteiger partial charge on any atom is -0.472 e. The molecular weight excluding hydrogens is 352 g/mol. The van der Waals surface area contributed by atoms with Crippen molar-refractivity contribution in [1.82, 2.24) is 0 Å². The van der Waals surface area contributed by atoms with Crippen molar-refractivity contribution in [2.45, 2.75) is 30.7 Å². The van der Waals surface area contributed by atoms with E-state index in [-0.39, 0.29) is 5.97 Å². The molecule has 1 aromatic carbocycles. The molecule has 3 nitrogen and oxygen atoms in total. The van der Waals surface area contributed by atoms with E-state index < -0.39 is 5.56 Å². The second kappa shape index (κ2) is 8.02. The predicted octanol–water partition coefficient (Wildman–Crippen LogP) is 4.70. The fourth-order valence-corrected chi connectivity index (χ4v) is 2.79. The van der Waals surface area contributed by atoms with Gasteiger partial charge in [-0.05, 0) is 47.7 Å². The lowest BCUT2D eigenvalue weighted by Crippen LogP contribution is -2.11. The highest BCUT2D eigenvalue weighted by Crippen LogP contribution is 2.39. The summed E-state index contributed by atoms with van der Waals surface area (Å²) in [6.45, 7) is 4.05. The van der Waals surface area contributed by atoms with Crippen LogP contribution in [0, 0.1) is 0 Å². The topological polar surface area (TPSA) is 35.5 Å². The van der Waals surface area contributed by atoms with E-state index in [1.165, 1.54) is 11.8 Å². The fourth-order valence-electron chi connectivity index (χ4n) is 1.43. The lowest BCUT2D eigenvalue weighted by molar-refractivity contribution is 0.0521. The first kappa shape index (κ1) is 16.7. The molecule has 0 aromatic heterocycles. The summed E-state index contributed by atoms with van der Waals surface area (Å²) in [7, 11) is 0. The van der Waals surface area contributed by atoms with E-state index in [2.05, 4.69) is 15.9 Å². The van der Waals surface area contributed by atoms with Crippen molar-refractivity contribution in [2.75, 3.05) is 12.9 Å². The Hall–Kier alpha value is -0.390. The van der Waals surface area contributed by atoms with Crippen LogP contribution in [0.5, 0.6) is 5.75 Å². The zero-order valence-corrected chi connectivity index (χ0v) is 14.2. The van der Waals surface area contributed by atoms with Crippen LogP contribution < -0.4 is 4.74 Å². The van der Waals surface area contributed by atoms with Gasteiger partial charge >= 0.3 is 5.97 Å². The molecule has 0 aliphatic carbocycles. The number of carbonyl (C=O) groups excluding carboxylic acids is 1. The van der Waals surface area contributed by atoms with Gasteiger partial charge in [-0.3, -0.25) is 0 Å². The molecule has 0 fully saturated rings. The zero-order chi connectivity index (χ0) is 14.4. The smallest absolute Gasteiger partial charge is 0.339 e. The van der Waals surface area contributed by atoms with Crippen LogP contribution in [-0.2, 0) is 4.74 Å². The molecule has 1 unspecified atom stereocenters. The summed E-state index contributed by atoms with van der Waals surface area (Å²) in [5.74, 6) is 0.228. The van der Waals surface area contributed by atoms with Gasteiger partial charge in [0, 0.05) is 0 Å². The third-order valence-electron chi connectivity index (χ3n) is 2.33. The Labute approximate surface area is 131 Å². The molecule has 0 aliphatic rings. The molecular formula is C13H16BrClO3S. The molecule has 0 saturated heterocycles. The molecule has 1 atom stereocenters. The highest BCUT2D eigenvalue weighted by atomic mass is 79.9. The minimum atomic E-state index is -0.431. The first-order valence-corrected chi connectivity index (χ1v) is 8.34. The molecule has 1 aromatic rings. The molecule has 0 radical (unpaired) electrons. The molecule has 0 aliphatic heterocycles. The molecule has 0 bridgehead atoms. The Morgan fingerprint density at radius 3 is 2.68 bits per heavy atom. The zero-order valence-electron chi connectivity index (χ0n) is 11.0. The molecule has 0 spiro atoms. The van der Waals surface area contributed by atoms with Gasteiger partial charge in [0.1, 0.15) is 5.75 Å². The standard InChI is InChI=1S/C13H16BrClO3S/c1-4-10(15)18-11-9(14)7-6-8(12(11)19-3)13(16)17-5-2/h6-7,10H,4-5H2,1-3H3. The SMILES string of the molecule is CCOC(=O)c1ccc(Br)c(OC(Cl)CC)c1SC. The van der Waals surface area contributed by atoms with Crippen LogP contribution in [0.2, 0.25) is 0 Å². The summed E-state index contributed by atoms with van der Waals surface area (Å²) in [6, 6.07) is 3.48. The van der Waals surface area contributed by atoms with E-state index >= 15 is 0 Å². The summed E-state index contributed by atoms with van der Waals surface area (Å²) >= 11 is 10.9. The predicted molar refractivity (Wildman–Crippen MR) is 82.4 cm³/mol. The van der Waals surface area contributed by atoms with E-state index in [1.807, 2.05) is 13.2 Å². The van der Waals surface area contributed by atoms with E-state index in [0.717, 1.165) is 9.37 Å². The molecule has 19 heavy (non-hydrogen) atoms. The van der Waals surface area contributed by atoms with Gasteiger partial charge in [-0.15, -0.1) is 11.8 Å². The van der Waals surface area contributed by atoms with Crippen LogP contribution >= 0.6 is 39.3 Å². The molecule has 0 heterocycles. The maximum atomic E-state index is 11.9. The third-order valence-corrected chi connectivity index (χ3v) is 4.17. The summed E-state index contributed by atoms with van der Waals surface area (Å²) in [5, 5.41) is 0. The van der Waals surface area contributed by atoms with Gasteiger partial charge in [-0.1, -0.05) is 18.5 Å². The maximum absolute atomic E-state index is 11.9. The molecule has 0 saturated carbocycles. The number of carbonyl (C=O) groups is 1. The van der Waals surface area contributed by atoms with Crippen molar-refractivity contribution in [2.24, 2.45) is 0 Å².